The summed E-state index contributed by atoms with van der Waals surface area (Å²) in [6, 6.07) is 16.7. The number of carbonyl (C=O) groups is 1. The zero-order valence-electron chi connectivity index (χ0n) is 15.8. The number of halogens is 4. The quantitative estimate of drug-likeness (QED) is 0.310. The minimum Gasteiger partial charge on any atom is -0.453 e. The van der Waals surface area contributed by atoms with E-state index in [9.17, 15) is 22.4 Å². The van der Waals surface area contributed by atoms with Crippen LogP contribution in [0.5, 0.6) is 0 Å². The van der Waals surface area contributed by atoms with Gasteiger partial charge < -0.3 is 10.1 Å². The van der Waals surface area contributed by atoms with E-state index in [1.54, 1.807) is 42.5 Å². The molecule has 0 heterocycles. The maximum Gasteiger partial charge on any atom is 0.416 e. The summed E-state index contributed by atoms with van der Waals surface area (Å²) in [5.74, 6) is -1.33. The van der Waals surface area contributed by atoms with Gasteiger partial charge in [-0.05, 0) is 42.3 Å². The second-order valence-electron chi connectivity index (χ2n) is 6.60. The second-order valence-corrected chi connectivity index (χ2v) is 6.60. The third-order valence-corrected chi connectivity index (χ3v) is 4.50. The lowest BCUT2D eigenvalue weighted by molar-refractivity contribution is -0.137. The molecule has 1 unspecified atom stereocenters. The highest BCUT2D eigenvalue weighted by Crippen LogP contribution is 2.30. The molecule has 1 N–H and O–H groups in total. The van der Waals surface area contributed by atoms with Crippen LogP contribution in [0.15, 0.2) is 72.8 Å². The van der Waals surface area contributed by atoms with Crippen LogP contribution in [0, 0.1) is 11.2 Å². The standard InChI is InChI=1S/C23H17F4NO2/c1-14(30-22(29)17-5-4-6-18(13-17)23(25,26)27)21(28)16-11-9-15(10-12-16)19-7-2-3-8-20(19)24/h2-14,28H,1H3. The Kier molecular flexibility index (Phi) is 6.01. The van der Waals surface area contributed by atoms with Gasteiger partial charge in [-0.2, -0.15) is 13.2 Å². The molecule has 3 aromatic rings. The summed E-state index contributed by atoms with van der Waals surface area (Å²) in [5, 5.41) is 8.22. The van der Waals surface area contributed by atoms with E-state index in [1.807, 2.05) is 0 Å². The van der Waals surface area contributed by atoms with Gasteiger partial charge in [0.2, 0.25) is 0 Å². The Bertz CT molecular complexity index is 1080. The molecule has 0 amide bonds. The van der Waals surface area contributed by atoms with Gasteiger partial charge in [0.25, 0.3) is 0 Å². The predicted molar refractivity (Wildman–Crippen MR) is 105 cm³/mol. The number of hydrogen-bond donors (Lipinski definition) is 1. The van der Waals surface area contributed by atoms with E-state index < -0.39 is 23.8 Å². The molecule has 7 heteroatoms. The Morgan fingerprint density at radius 2 is 1.60 bits per heavy atom. The maximum absolute atomic E-state index is 13.9. The second kappa shape index (κ2) is 8.49. The van der Waals surface area contributed by atoms with Crippen LogP contribution in [0.2, 0.25) is 0 Å². The first-order valence-corrected chi connectivity index (χ1v) is 8.99. The van der Waals surface area contributed by atoms with E-state index in [4.69, 9.17) is 10.1 Å². The molecule has 0 fully saturated rings. The van der Waals surface area contributed by atoms with Crippen LogP contribution >= 0.6 is 0 Å². The Balaban J connectivity index is 1.71. The highest BCUT2D eigenvalue weighted by Gasteiger charge is 2.31. The van der Waals surface area contributed by atoms with Gasteiger partial charge in [-0.3, -0.25) is 0 Å². The Labute approximate surface area is 170 Å². The molecule has 3 nitrogen and oxygen atoms in total. The number of hydrogen-bond acceptors (Lipinski definition) is 3. The van der Waals surface area contributed by atoms with Crippen molar-refractivity contribution in [2.45, 2.75) is 19.2 Å². The van der Waals surface area contributed by atoms with Crippen molar-refractivity contribution in [3.63, 3.8) is 0 Å². The van der Waals surface area contributed by atoms with E-state index in [-0.39, 0.29) is 17.1 Å². The minimum absolute atomic E-state index is 0.0320. The number of rotatable bonds is 5. The van der Waals surface area contributed by atoms with Crippen molar-refractivity contribution < 1.29 is 27.1 Å². The summed E-state index contributed by atoms with van der Waals surface area (Å²) < 4.78 is 57.5. The molecule has 0 aliphatic carbocycles. The van der Waals surface area contributed by atoms with Crippen molar-refractivity contribution in [1.29, 1.82) is 5.41 Å². The summed E-state index contributed by atoms with van der Waals surface area (Å²) in [4.78, 5) is 12.2. The zero-order valence-corrected chi connectivity index (χ0v) is 15.8. The lowest BCUT2D eigenvalue weighted by Gasteiger charge is -2.16. The Morgan fingerprint density at radius 3 is 2.23 bits per heavy atom. The fourth-order valence-corrected chi connectivity index (χ4v) is 2.87. The molecule has 0 spiro atoms. The number of esters is 1. The molecule has 0 saturated heterocycles. The lowest BCUT2D eigenvalue weighted by atomic mass is 10.00. The molecule has 0 aromatic heterocycles. The highest BCUT2D eigenvalue weighted by atomic mass is 19.4. The van der Waals surface area contributed by atoms with E-state index in [0.717, 1.165) is 12.1 Å². The summed E-state index contributed by atoms with van der Waals surface area (Å²) >= 11 is 0. The van der Waals surface area contributed by atoms with Crippen LogP contribution in [0.4, 0.5) is 17.6 Å². The van der Waals surface area contributed by atoms with Crippen LogP contribution in [0.3, 0.4) is 0 Å². The number of benzene rings is 3. The van der Waals surface area contributed by atoms with Crippen molar-refractivity contribution in [2.75, 3.05) is 0 Å². The molecule has 0 bridgehead atoms. The van der Waals surface area contributed by atoms with Gasteiger partial charge in [0.15, 0.2) is 0 Å². The first kappa shape index (κ1) is 21.2. The van der Waals surface area contributed by atoms with Crippen LogP contribution in [-0.4, -0.2) is 17.8 Å². The summed E-state index contributed by atoms with van der Waals surface area (Å²) in [5.41, 5.74) is 0.246. The van der Waals surface area contributed by atoms with Crippen molar-refractivity contribution in [3.05, 3.63) is 95.3 Å². The average Bonchev–Trinajstić information content (AvgIpc) is 2.73. The molecule has 0 aliphatic heterocycles. The number of alkyl halides is 3. The van der Waals surface area contributed by atoms with E-state index >= 15 is 0 Å². The van der Waals surface area contributed by atoms with Gasteiger partial charge in [-0.15, -0.1) is 0 Å². The normalized spacial score (nSPS) is 12.3. The van der Waals surface area contributed by atoms with E-state index in [0.29, 0.717) is 22.8 Å². The molecule has 0 saturated carbocycles. The van der Waals surface area contributed by atoms with Gasteiger partial charge in [0, 0.05) is 5.56 Å². The summed E-state index contributed by atoms with van der Waals surface area (Å²) in [6.45, 7) is 1.46. The van der Waals surface area contributed by atoms with Gasteiger partial charge in [-0.1, -0.05) is 48.5 Å². The third-order valence-electron chi connectivity index (χ3n) is 4.50. The van der Waals surface area contributed by atoms with Crippen molar-refractivity contribution in [2.24, 2.45) is 0 Å². The molecule has 3 rings (SSSR count). The Hall–Kier alpha value is -3.48. The monoisotopic (exact) mass is 415 g/mol. The molecular formula is C23H17F4NO2. The fourth-order valence-electron chi connectivity index (χ4n) is 2.87. The molecule has 0 radical (unpaired) electrons. The van der Waals surface area contributed by atoms with Crippen LogP contribution in [-0.2, 0) is 10.9 Å². The van der Waals surface area contributed by atoms with Crippen LogP contribution in [0.1, 0.15) is 28.4 Å². The van der Waals surface area contributed by atoms with Gasteiger partial charge in [0.1, 0.15) is 11.9 Å². The Morgan fingerprint density at radius 1 is 0.933 bits per heavy atom. The van der Waals surface area contributed by atoms with E-state index in [1.165, 1.54) is 19.1 Å². The van der Waals surface area contributed by atoms with Crippen molar-refractivity contribution >= 4 is 11.7 Å². The molecule has 30 heavy (non-hydrogen) atoms. The number of nitrogens with one attached hydrogen (secondary N) is 1. The van der Waals surface area contributed by atoms with Gasteiger partial charge >= 0.3 is 12.1 Å². The zero-order chi connectivity index (χ0) is 21.9. The van der Waals surface area contributed by atoms with Crippen LogP contribution < -0.4 is 0 Å². The summed E-state index contributed by atoms with van der Waals surface area (Å²) in [7, 11) is 0. The molecule has 3 aromatic carbocycles. The number of ether oxygens (including phenoxy) is 1. The minimum atomic E-state index is -4.57. The fraction of sp³-hybridized carbons (Fsp3) is 0.130. The van der Waals surface area contributed by atoms with E-state index in [2.05, 4.69) is 0 Å². The number of carbonyl (C=O) groups excluding carboxylic acids is 1. The van der Waals surface area contributed by atoms with Gasteiger partial charge in [0.05, 0.1) is 16.8 Å². The van der Waals surface area contributed by atoms with Crippen molar-refractivity contribution in [1.82, 2.24) is 0 Å². The molecule has 1 atom stereocenters. The first-order valence-electron chi connectivity index (χ1n) is 8.99. The predicted octanol–water partition coefficient (Wildman–Crippen LogP) is 6.12. The largest absolute Gasteiger partial charge is 0.453 e. The maximum atomic E-state index is 13.9. The first-order chi connectivity index (χ1) is 14.2. The smallest absolute Gasteiger partial charge is 0.416 e. The van der Waals surface area contributed by atoms with Crippen molar-refractivity contribution in [3.8, 4) is 11.1 Å². The topological polar surface area (TPSA) is 50.2 Å². The summed E-state index contributed by atoms with van der Waals surface area (Å²) in [6.07, 6.45) is -5.57. The molecule has 0 aliphatic rings. The molecule has 154 valence electrons. The lowest BCUT2D eigenvalue weighted by Crippen LogP contribution is -2.24. The van der Waals surface area contributed by atoms with Crippen LogP contribution in [0.25, 0.3) is 11.1 Å². The SMILES string of the molecule is CC(OC(=O)c1cccc(C(F)(F)F)c1)C(=N)c1ccc(-c2ccccc2F)cc1. The molecular weight excluding hydrogens is 398 g/mol. The highest BCUT2D eigenvalue weighted by molar-refractivity contribution is 6.03. The average molecular weight is 415 g/mol. The third kappa shape index (κ3) is 4.74. The van der Waals surface area contributed by atoms with Gasteiger partial charge in [-0.25, -0.2) is 9.18 Å².